The highest BCUT2D eigenvalue weighted by atomic mass is 19.3. The number of hydrogen-bond donors (Lipinski definition) is 1. The third-order valence-electron chi connectivity index (χ3n) is 2.39. The van der Waals surface area contributed by atoms with Gasteiger partial charge in [-0.2, -0.15) is 13.8 Å². The van der Waals surface area contributed by atoms with Crippen LogP contribution in [0.1, 0.15) is 26.3 Å². The second-order valence-electron chi connectivity index (χ2n) is 3.82. The van der Waals surface area contributed by atoms with Crippen LogP contribution >= 0.6 is 0 Å². The van der Waals surface area contributed by atoms with E-state index in [1.807, 2.05) is 13.8 Å². The zero-order valence-electron chi connectivity index (χ0n) is 12.8. The van der Waals surface area contributed by atoms with Gasteiger partial charge in [0.2, 0.25) is 11.8 Å². The SMILES string of the molecule is CC.COC(C)CO.FC(F)Oc1ccc2c(n1)OCC2. The second kappa shape index (κ2) is 11.2. The van der Waals surface area contributed by atoms with Gasteiger partial charge in [0.1, 0.15) is 0 Å². The highest BCUT2D eigenvalue weighted by Crippen LogP contribution is 2.25. The molecule has 1 N–H and O–H groups in total. The van der Waals surface area contributed by atoms with Crippen LogP contribution in [0.3, 0.4) is 0 Å². The van der Waals surface area contributed by atoms with Gasteiger partial charge >= 0.3 is 6.61 Å². The quantitative estimate of drug-likeness (QED) is 0.926. The van der Waals surface area contributed by atoms with Crippen LogP contribution < -0.4 is 9.47 Å². The number of nitrogens with zero attached hydrogens (tertiary/aromatic N) is 1. The number of ether oxygens (including phenoxy) is 3. The van der Waals surface area contributed by atoms with E-state index in [2.05, 4.69) is 14.5 Å². The van der Waals surface area contributed by atoms with Gasteiger partial charge in [0.15, 0.2) is 0 Å². The number of aliphatic hydroxyl groups is 1. The summed E-state index contributed by atoms with van der Waals surface area (Å²) in [4.78, 5) is 3.77. The van der Waals surface area contributed by atoms with E-state index in [0.29, 0.717) is 12.5 Å². The third-order valence-corrected chi connectivity index (χ3v) is 2.39. The molecule has 0 radical (unpaired) electrons. The molecular formula is C14H23F2NO4. The molecule has 1 unspecified atom stereocenters. The first-order chi connectivity index (χ1) is 10.1. The van der Waals surface area contributed by atoms with Crippen molar-refractivity contribution in [2.24, 2.45) is 0 Å². The van der Waals surface area contributed by atoms with Crippen LogP contribution in [0.5, 0.6) is 11.8 Å². The molecule has 1 atom stereocenters. The highest BCUT2D eigenvalue weighted by molar-refractivity contribution is 5.33. The van der Waals surface area contributed by atoms with Crippen LogP contribution in [-0.2, 0) is 11.2 Å². The number of halogens is 2. The molecule has 0 saturated carbocycles. The van der Waals surface area contributed by atoms with E-state index in [1.54, 1.807) is 20.1 Å². The van der Waals surface area contributed by atoms with Crippen molar-refractivity contribution in [1.29, 1.82) is 0 Å². The minimum atomic E-state index is -2.84. The summed E-state index contributed by atoms with van der Waals surface area (Å²) in [7, 11) is 1.57. The van der Waals surface area contributed by atoms with Crippen LogP contribution in [0, 0.1) is 0 Å². The normalized spacial score (nSPS) is 13.1. The Hall–Kier alpha value is -1.47. The van der Waals surface area contributed by atoms with Gasteiger partial charge in [-0.3, -0.25) is 0 Å². The third kappa shape index (κ3) is 7.77. The molecule has 0 amide bonds. The van der Waals surface area contributed by atoms with Gasteiger partial charge in [0, 0.05) is 25.2 Å². The Balaban J connectivity index is 0.000000427. The molecule has 1 aromatic heterocycles. The fourth-order valence-corrected chi connectivity index (χ4v) is 1.26. The van der Waals surface area contributed by atoms with Crippen molar-refractivity contribution in [3.63, 3.8) is 0 Å². The molecule has 21 heavy (non-hydrogen) atoms. The Kier molecular flexibility index (Phi) is 10.4. The molecule has 1 aliphatic heterocycles. The van der Waals surface area contributed by atoms with Gasteiger partial charge in [-0.1, -0.05) is 13.8 Å². The van der Waals surface area contributed by atoms with E-state index in [9.17, 15) is 8.78 Å². The molecule has 0 saturated heterocycles. The van der Waals surface area contributed by atoms with Crippen molar-refractivity contribution in [2.75, 3.05) is 20.3 Å². The second-order valence-corrected chi connectivity index (χ2v) is 3.82. The molecule has 122 valence electrons. The standard InChI is InChI=1S/C8H7F2NO2.C4H10O2.C2H6/c9-8(10)13-6-2-1-5-3-4-12-7(5)11-6;1-4(3-5)6-2;1-2/h1-2,8H,3-4H2;4-5H,3H2,1-2H3;1-2H3. The Bertz CT molecular complexity index is 387. The molecule has 0 aliphatic carbocycles. The topological polar surface area (TPSA) is 60.8 Å². The maximum Gasteiger partial charge on any atom is 0.388 e. The number of hydrogen-bond acceptors (Lipinski definition) is 5. The predicted octanol–water partition coefficient (Wildman–Crippen LogP) is 2.66. The Morgan fingerprint density at radius 3 is 2.52 bits per heavy atom. The Labute approximate surface area is 123 Å². The van der Waals surface area contributed by atoms with E-state index >= 15 is 0 Å². The molecular weight excluding hydrogens is 284 g/mol. The number of pyridine rings is 1. The lowest BCUT2D eigenvalue weighted by atomic mass is 10.2. The first-order valence-corrected chi connectivity index (χ1v) is 6.78. The van der Waals surface area contributed by atoms with Crippen molar-refractivity contribution < 1.29 is 28.1 Å². The number of fused-ring (bicyclic) bond motifs is 1. The zero-order valence-corrected chi connectivity index (χ0v) is 12.8. The average molecular weight is 307 g/mol. The van der Waals surface area contributed by atoms with Crippen LogP contribution in [0.15, 0.2) is 12.1 Å². The minimum absolute atomic E-state index is 0.00926. The molecule has 7 heteroatoms. The molecule has 0 spiro atoms. The zero-order chi connectivity index (χ0) is 16.3. The van der Waals surface area contributed by atoms with E-state index in [4.69, 9.17) is 9.84 Å². The van der Waals surface area contributed by atoms with Gasteiger partial charge in [-0.15, -0.1) is 0 Å². The number of aliphatic hydroxyl groups excluding tert-OH is 1. The highest BCUT2D eigenvalue weighted by Gasteiger charge is 2.15. The summed E-state index contributed by atoms with van der Waals surface area (Å²) in [5.74, 6) is 0.300. The lowest BCUT2D eigenvalue weighted by Gasteiger charge is -2.04. The first-order valence-electron chi connectivity index (χ1n) is 6.78. The van der Waals surface area contributed by atoms with E-state index in [0.717, 1.165) is 12.0 Å². The van der Waals surface area contributed by atoms with Crippen LogP contribution in [-0.4, -0.2) is 43.1 Å². The van der Waals surface area contributed by atoms with Crippen molar-refractivity contribution in [3.8, 4) is 11.8 Å². The van der Waals surface area contributed by atoms with Gasteiger partial charge in [-0.25, -0.2) is 0 Å². The summed E-state index contributed by atoms with van der Waals surface area (Å²) in [6.07, 6.45) is 0.766. The van der Waals surface area contributed by atoms with Gasteiger partial charge in [0.05, 0.1) is 19.3 Å². The Morgan fingerprint density at radius 2 is 2.05 bits per heavy atom. The molecule has 2 rings (SSSR count). The molecule has 1 aliphatic rings. The largest absolute Gasteiger partial charge is 0.477 e. The molecule has 0 aromatic carbocycles. The fraction of sp³-hybridized carbons (Fsp3) is 0.643. The first kappa shape index (κ1) is 19.5. The summed E-state index contributed by atoms with van der Waals surface area (Å²) in [6, 6.07) is 3.10. The van der Waals surface area contributed by atoms with Crippen molar-refractivity contribution in [2.45, 2.75) is 39.9 Å². The minimum Gasteiger partial charge on any atom is -0.477 e. The summed E-state index contributed by atoms with van der Waals surface area (Å²) in [6.45, 7) is 3.63. The van der Waals surface area contributed by atoms with E-state index < -0.39 is 6.61 Å². The van der Waals surface area contributed by atoms with Crippen LogP contribution in [0.2, 0.25) is 0 Å². The number of methoxy groups -OCH3 is 1. The fourth-order valence-electron chi connectivity index (χ4n) is 1.26. The van der Waals surface area contributed by atoms with Crippen molar-refractivity contribution in [3.05, 3.63) is 17.7 Å². The molecule has 5 nitrogen and oxygen atoms in total. The van der Waals surface area contributed by atoms with E-state index in [-0.39, 0.29) is 18.6 Å². The summed E-state index contributed by atoms with van der Waals surface area (Å²) >= 11 is 0. The predicted molar refractivity (Wildman–Crippen MR) is 75.0 cm³/mol. The summed E-state index contributed by atoms with van der Waals surface area (Å²) in [5, 5.41) is 8.21. The molecule has 0 bridgehead atoms. The lowest BCUT2D eigenvalue weighted by molar-refractivity contribution is -0.0530. The van der Waals surface area contributed by atoms with Crippen molar-refractivity contribution in [1.82, 2.24) is 4.98 Å². The molecule has 1 aromatic rings. The smallest absolute Gasteiger partial charge is 0.388 e. The summed E-state index contributed by atoms with van der Waals surface area (Å²) < 4.78 is 37.4. The lowest BCUT2D eigenvalue weighted by Crippen LogP contribution is -2.08. The summed E-state index contributed by atoms with van der Waals surface area (Å²) in [5.41, 5.74) is 0.932. The van der Waals surface area contributed by atoms with E-state index in [1.165, 1.54) is 6.07 Å². The average Bonchev–Trinajstić information content (AvgIpc) is 2.96. The van der Waals surface area contributed by atoms with Gasteiger partial charge in [0.25, 0.3) is 0 Å². The monoisotopic (exact) mass is 307 g/mol. The van der Waals surface area contributed by atoms with Crippen molar-refractivity contribution >= 4 is 0 Å². The van der Waals surface area contributed by atoms with Crippen LogP contribution in [0.25, 0.3) is 0 Å². The number of alkyl halides is 2. The maximum absolute atomic E-state index is 11.8. The molecule has 0 fully saturated rings. The van der Waals surface area contributed by atoms with Gasteiger partial charge < -0.3 is 19.3 Å². The van der Waals surface area contributed by atoms with Crippen LogP contribution in [0.4, 0.5) is 8.78 Å². The number of aromatic nitrogens is 1. The maximum atomic E-state index is 11.8. The van der Waals surface area contributed by atoms with Gasteiger partial charge in [-0.05, 0) is 13.0 Å². The number of rotatable bonds is 4. The molecule has 2 heterocycles. The Morgan fingerprint density at radius 1 is 1.38 bits per heavy atom.